The summed E-state index contributed by atoms with van der Waals surface area (Å²) < 4.78 is 15.4. The van der Waals surface area contributed by atoms with E-state index in [0.717, 1.165) is 0 Å². The fourth-order valence-corrected chi connectivity index (χ4v) is 2.96. The monoisotopic (exact) mass is 276 g/mol. The van der Waals surface area contributed by atoms with Crippen LogP contribution in [0.15, 0.2) is 0 Å². The van der Waals surface area contributed by atoms with E-state index in [-0.39, 0.29) is 24.9 Å². The average molecular weight is 276 g/mol. The van der Waals surface area contributed by atoms with Crippen LogP contribution in [0.3, 0.4) is 0 Å². The minimum absolute atomic E-state index is 0.000714. The summed E-state index contributed by atoms with van der Waals surface area (Å²) in [7, 11) is 2.52. The predicted octanol–water partition coefficient (Wildman–Crippen LogP) is -1.36. The summed E-state index contributed by atoms with van der Waals surface area (Å²) in [5.41, 5.74) is 0. The molecule has 1 saturated carbocycles. The smallest absolute Gasteiger partial charge is 0.366 e. The fraction of sp³-hybridized carbons (Fsp3) is 0.917. The topological polar surface area (TPSA) is 105 Å². The van der Waals surface area contributed by atoms with Gasteiger partial charge in [-0.25, -0.2) is 4.79 Å². The zero-order valence-corrected chi connectivity index (χ0v) is 11.0. The van der Waals surface area contributed by atoms with Crippen molar-refractivity contribution in [2.75, 3.05) is 20.8 Å². The Morgan fingerprint density at radius 1 is 1.53 bits per heavy atom. The molecule has 2 aliphatic rings. The van der Waals surface area contributed by atoms with Crippen molar-refractivity contribution >= 4 is 5.97 Å². The summed E-state index contributed by atoms with van der Waals surface area (Å²) in [6.07, 6.45) is -1.67. The minimum Gasteiger partial charge on any atom is -0.465 e. The van der Waals surface area contributed by atoms with Gasteiger partial charge in [0.2, 0.25) is 0 Å². The summed E-state index contributed by atoms with van der Waals surface area (Å²) >= 11 is 0. The van der Waals surface area contributed by atoms with Gasteiger partial charge in [-0.3, -0.25) is 0 Å². The Morgan fingerprint density at radius 2 is 2.21 bits per heavy atom. The normalized spacial score (nSPS) is 43.0. The van der Waals surface area contributed by atoms with Crippen molar-refractivity contribution in [1.82, 2.24) is 0 Å². The molecule has 0 radical (unpaired) electrons. The maximum atomic E-state index is 11.8. The largest absolute Gasteiger partial charge is 0.465 e. The Bertz CT molecular complexity index is 347. The summed E-state index contributed by atoms with van der Waals surface area (Å²) in [5, 5.41) is 28.7. The van der Waals surface area contributed by atoms with Crippen LogP contribution in [-0.2, 0) is 19.0 Å². The molecule has 7 nitrogen and oxygen atoms in total. The fourth-order valence-electron chi connectivity index (χ4n) is 2.96. The Morgan fingerprint density at radius 3 is 2.74 bits per heavy atom. The Labute approximate surface area is 111 Å². The maximum absolute atomic E-state index is 11.8. The van der Waals surface area contributed by atoms with Crippen LogP contribution in [-0.4, -0.2) is 66.2 Å². The lowest BCUT2D eigenvalue weighted by Crippen LogP contribution is -2.65. The highest BCUT2D eigenvalue weighted by Crippen LogP contribution is 2.49. The van der Waals surface area contributed by atoms with Gasteiger partial charge in [-0.15, -0.1) is 0 Å². The lowest BCUT2D eigenvalue weighted by molar-refractivity contribution is -0.333. The van der Waals surface area contributed by atoms with Crippen molar-refractivity contribution in [2.24, 2.45) is 11.8 Å². The van der Waals surface area contributed by atoms with E-state index in [2.05, 4.69) is 4.74 Å². The molecule has 1 aliphatic carbocycles. The summed E-state index contributed by atoms with van der Waals surface area (Å²) in [6, 6.07) is 0. The first kappa shape index (κ1) is 14.7. The SMILES string of the molecule is COC(=O)C1(OC)CC(O)C2C[C@H]([C@H](O)CO)C2O1. The van der Waals surface area contributed by atoms with Gasteiger partial charge in [-0.05, 0) is 6.42 Å². The molecule has 1 aliphatic heterocycles. The van der Waals surface area contributed by atoms with Crippen LogP contribution < -0.4 is 0 Å². The number of carbonyl (C=O) groups excluding carboxylic acids is 1. The van der Waals surface area contributed by atoms with E-state index in [0.29, 0.717) is 6.42 Å². The third kappa shape index (κ3) is 2.25. The molecule has 2 rings (SSSR count). The zero-order valence-electron chi connectivity index (χ0n) is 11.0. The van der Waals surface area contributed by atoms with E-state index >= 15 is 0 Å². The van der Waals surface area contributed by atoms with Gasteiger partial charge in [0.1, 0.15) is 0 Å². The second-order valence-electron chi connectivity index (χ2n) is 5.12. The number of aliphatic hydroxyl groups excluding tert-OH is 3. The number of hydrogen-bond acceptors (Lipinski definition) is 7. The number of carbonyl (C=O) groups is 1. The molecule has 0 aromatic carbocycles. The van der Waals surface area contributed by atoms with Crippen molar-refractivity contribution in [1.29, 1.82) is 0 Å². The third-order valence-electron chi connectivity index (χ3n) is 4.19. The zero-order chi connectivity index (χ0) is 14.2. The van der Waals surface area contributed by atoms with Crippen molar-refractivity contribution in [2.45, 2.75) is 36.9 Å². The summed E-state index contributed by atoms with van der Waals surface area (Å²) in [4.78, 5) is 11.8. The number of hydrogen-bond donors (Lipinski definition) is 3. The molecule has 0 aromatic heterocycles. The van der Waals surface area contributed by atoms with E-state index in [9.17, 15) is 15.0 Å². The number of aliphatic hydroxyl groups is 3. The average Bonchev–Trinajstić information content (AvgIpc) is 2.40. The predicted molar refractivity (Wildman–Crippen MR) is 61.9 cm³/mol. The molecule has 3 N–H and O–H groups in total. The maximum Gasteiger partial charge on any atom is 0.366 e. The lowest BCUT2D eigenvalue weighted by Gasteiger charge is -2.55. The van der Waals surface area contributed by atoms with Gasteiger partial charge < -0.3 is 29.5 Å². The highest BCUT2D eigenvalue weighted by atomic mass is 16.7. The van der Waals surface area contributed by atoms with Crippen molar-refractivity contribution in [3.8, 4) is 0 Å². The first-order chi connectivity index (χ1) is 8.99. The molecule has 0 aromatic rings. The molecule has 110 valence electrons. The van der Waals surface area contributed by atoms with E-state index in [1.54, 1.807) is 0 Å². The van der Waals surface area contributed by atoms with Gasteiger partial charge in [0.25, 0.3) is 5.79 Å². The highest BCUT2D eigenvalue weighted by Gasteiger charge is 2.60. The number of ether oxygens (including phenoxy) is 3. The van der Waals surface area contributed by atoms with Crippen molar-refractivity contribution < 1.29 is 34.3 Å². The summed E-state index contributed by atoms with van der Waals surface area (Å²) in [5.74, 6) is -2.82. The Balaban J connectivity index is 2.16. The number of methoxy groups -OCH3 is 2. The Hall–Kier alpha value is -0.730. The molecule has 19 heavy (non-hydrogen) atoms. The van der Waals surface area contributed by atoms with Gasteiger partial charge >= 0.3 is 5.97 Å². The second-order valence-corrected chi connectivity index (χ2v) is 5.12. The number of rotatable bonds is 4. The molecule has 6 atom stereocenters. The van der Waals surface area contributed by atoms with Crippen LogP contribution >= 0.6 is 0 Å². The first-order valence-electron chi connectivity index (χ1n) is 6.27. The minimum atomic E-state index is -1.64. The number of esters is 1. The van der Waals surface area contributed by atoms with Gasteiger partial charge in [-0.2, -0.15) is 0 Å². The third-order valence-corrected chi connectivity index (χ3v) is 4.19. The van der Waals surface area contributed by atoms with Gasteiger partial charge in [0.15, 0.2) is 0 Å². The molecule has 0 bridgehead atoms. The van der Waals surface area contributed by atoms with Gasteiger partial charge in [0.05, 0.1) is 32.0 Å². The standard InChI is InChI=1S/C12H20O7/c1-17-11(16)12(18-2)4-8(14)6-3-7(9(15)5-13)10(6)19-12/h6-10,13-15H,3-5H2,1-2H3/t6?,7-,8?,9-,10?,12?/m1/s1. The summed E-state index contributed by atoms with van der Waals surface area (Å²) in [6.45, 7) is -0.383. The Kier molecular flexibility index (Phi) is 4.12. The van der Waals surface area contributed by atoms with Crippen molar-refractivity contribution in [3.63, 3.8) is 0 Å². The highest BCUT2D eigenvalue weighted by molar-refractivity contribution is 5.78. The van der Waals surface area contributed by atoms with Crippen LogP contribution in [0.1, 0.15) is 12.8 Å². The van der Waals surface area contributed by atoms with Crippen LogP contribution in [0.5, 0.6) is 0 Å². The van der Waals surface area contributed by atoms with Crippen LogP contribution in [0.25, 0.3) is 0 Å². The van der Waals surface area contributed by atoms with E-state index in [1.807, 2.05) is 0 Å². The molecule has 7 heteroatoms. The first-order valence-corrected chi connectivity index (χ1v) is 6.27. The van der Waals surface area contributed by atoms with Crippen LogP contribution in [0.2, 0.25) is 0 Å². The molecule has 0 amide bonds. The quantitative estimate of drug-likeness (QED) is 0.545. The van der Waals surface area contributed by atoms with Crippen molar-refractivity contribution in [3.05, 3.63) is 0 Å². The van der Waals surface area contributed by atoms with E-state index in [1.165, 1.54) is 14.2 Å². The molecular weight excluding hydrogens is 256 g/mol. The molecule has 0 spiro atoms. The number of fused-ring (bicyclic) bond motifs is 1. The lowest BCUT2D eigenvalue weighted by atomic mass is 9.64. The van der Waals surface area contributed by atoms with Gasteiger partial charge in [-0.1, -0.05) is 0 Å². The molecule has 2 fully saturated rings. The molecular formula is C12H20O7. The second kappa shape index (κ2) is 5.34. The molecule has 1 saturated heterocycles. The van der Waals surface area contributed by atoms with Crippen LogP contribution in [0, 0.1) is 11.8 Å². The van der Waals surface area contributed by atoms with E-state index < -0.39 is 30.1 Å². The van der Waals surface area contributed by atoms with Gasteiger partial charge in [0, 0.05) is 25.4 Å². The van der Waals surface area contributed by atoms with Crippen LogP contribution in [0.4, 0.5) is 0 Å². The molecule has 4 unspecified atom stereocenters. The molecule has 1 heterocycles. The van der Waals surface area contributed by atoms with E-state index in [4.69, 9.17) is 14.6 Å².